The summed E-state index contributed by atoms with van der Waals surface area (Å²) in [6.45, 7) is 1.04. The predicted octanol–water partition coefficient (Wildman–Crippen LogP) is 1.05. The van der Waals surface area contributed by atoms with E-state index >= 15 is 0 Å². The van der Waals surface area contributed by atoms with Crippen LogP contribution in [0.25, 0.3) is 5.69 Å². The monoisotopic (exact) mass is 286 g/mol. The van der Waals surface area contributed by atoms with Crippen molar-refractivity contribution in [2.24, 2.45) is 5.92 Å². The Morgan fingerprint density at radius 2 is 2.14 bits per heavy atom. The number of hydrogen-bond acceptors (Lipinski definition) is 4. The van der Waals surface area contributed by atoms with Gasteiger partial charge in [-0.2, -0.15) is 5.10 Å². The summed E-state index contributed by atoms with van der Waals surface area (Å²) in [6.07, 6.45) is 3.61. The lowest BCUT2D eigenvalue weighted by molar-refractivity contribution is -0.120. The summed E-state index contributed by atoms with van der Waals surface area (Å²) in [6, 6.07) is 9.53. The molecule has 21 heavy (non-hydrogen) atoms. The van der Waals surface area contributed by atoms with Gasteiger partial charge in [-0.1, -0.05) is 0 Å². The minimum absolute atomic E-state index is 0.0151. The number of benzene rings is 1. The van der Waals surface area contributed by atoms with Crippen LogP contribution in [0.4, 0.5) is 5.69 Å². The van der Waals surface area contributed by atoms with Crippen LogP contribution in [0.5, 0.6) is 0 Å². The molecule has 1 aliphatic rings. The molecule has 6 nitrogen and oxygen atoms in total. The van der Waals surface area contributed by atoms with Crippen LogP contribution >= 0.6 is 0 Å². The topological polar surface area (TPSA) is 68.2 Å². The molecule has 1 saturated heterocycles. The minimum atomic E-state index is -0.152. The average molecular weight is 286 g/mol. The number of aromatic nitrogens is 2. The third kappa shape index (κ3) is 2.96. The fourth-order valence-electron chi connectivity index (χ4n) is 2.45. The van der Waals surface area contributed by atoms with E-state index in [0.717, 1.165) is 11.4 Å². The number of nitrogens with one attached hydrogen (secondary N) is 2. The Morgan fingerprint density at radius 3 is 2.81 bits per heavy atom. The van der Waals surface area contributed by atoms with Gasteiger partial charge in [0, 0.05) is 24.1 Å². The van der Waals surface area contributed by atoms with Gasteiger partial charge in [0.1, 0.15) is 0 Å². The molecular weight excluding hydrogens is 268 g/mol. The molecule has 0 saturated carbocycles. The van der Waals surface area contributed by atoms with Crippen LogP contribution in [0.1, 0.15) is 0 Å². The van der Waals surface area contributed by atoms with E-state index in [1.807, 2.05) is 43.6 Å². The zero-order valence-electron chi connectivity index (χ0n) is 11.8. The first-order valence-corrected chi connectivity index (χ1v) is 6.94. The number of rotatable bonds is 4. The maximum Gasteiger partial charge on any atom is 0.231 e. The summed E-state index contributed by atoms with van der Waals surface area (Å²) in [5.74, 6) is -0.167. The molecule has 0 radical (unpaired) electrons. The normalized spacial score (nSPS) is 21.4. The molecule has 0 aliphatic carbocycles. The van der Waals surface area contributed by atoms with Crippen molar-refractivity contribution < 1.29 is 9.53 Å². The number of hydrogen-bond donors (Lipinski definition) is 2. The molecule has 110 valence electrons. The van der Waals surface area contributed by atoms with E-state index in [-0.39, 0.29) is 17.9 Å². The first kappa shape index (κ1) is 13.8. The smallest absolute Gasteiger partial charge is 0.231 e. The van der Waals surface area contributed by atoms with Crippen molar-refractivity contribution in [1.29, 1.82) is 0 Å². The second-order valence-corrected chi connectivity index (χ2v) is 5.03. The Labute approximate surface area is 123 Å². The number of likely N-dealkylation sites (N-methyl/N-ethyl adjacent to an activating group) is 1. The molecular formula is C15H18N4O2. The van der Waals surface area contributed by atoms with Crippen molar-refractivity contribution in [2.45, 2.75) is 6.04 Å². The summed E-state index contributed by atoms with van der Waals surface area (Å²) < 4.78 is 7.12. The standard InChI is InChI=1S/C15H18N4O2/c1-16-14-10-21-9-13(14)15(20)18-11-3-5-12(6-4-11)19-8-2-7-17-19/h2-8,13-14,16H,9-10H2,1H3,(H,18,20). The number of nitrogens with zero attached hydrogens (tertiary/aromatic N) is 2. The molecule has 2 atom stereocenters. The Morgan fingerprint density at radius 1 is 1.33 bits per heavy atom. The molecule has 2 heterocycles. The summed E-state index contributed by atoms with van der Waals surface area (Å²) in [7, 11) is 1.85. The van der Waals surface area contributed by atoms with Gasteiger partial charge in [0.15, 0.2) is 0 Å². The molecule has 2 aromatic rings. The van der Waals surface area contributed by atoms with Gasteiger partial charge in [-0.15, -0.1) is 0 Å². The van der Waals surface area contributed by atoms with E-state index in [2.05, 4.69) is 15.7 Å². The molecule has 2 N–H and O–H groups in total. The second-order valence-electron chi connectivity index (χ2n) is 5.03. The molecule has 3 rings (SSSR count). The lowest BCUT2D eigenvalue weighted by atomic mass is 10.0. The molecule has 2 unspecified atom stereocenters. The third-order valence-corrected chi connectivity index (χ3v) is 3.69. The van der Waals surface area contributed by atoms with Crippen molar-refractivity contribution in [3.05, 3.63) is 42.7 Å². The van der Waals surface area contributed by atoms with Crippen LogP contribution in [0.3, 0.4) is 0 Å². The molecule has 1 fully saturated rings. The highest BCUT2D eigenvalue weighted by atomic mass is 16.5. The molecule has 1 aromatic carbocycles. The number of carbonyl (C=O) groups excluding carboxylic acids is 1. The van der Waals surface area contributed by atoms with Crippen molar-refractivity contribution >= 4 is 11.6 Å². The quantitative estimate of drug-likeness (QED) is 0.881. The fourth-order valence-corrected chi connectivity index (χ4v) is 2.45. The summed E-state index contributed by atoms with van der Waals surface area (Å²) in [5, 5.41) is 10.2. The molecule has 1 aromatic heterocycles. The lowest BCUT2D eigenvalue weighted by Crippen LogP contribution is -2.39. The van der Waals surface area contributed by atoms with Gasteiger partial charge in [-0.25, -0.2) is 4.68 Å². The number of anilines is 1. The van der Waals surface area contributed by atoms with E-state index in [9.17, 15) is 4.79 Å². The van der Waals surface area contributed by atoms with Crippen LogP contribution in [0.2, 0.25) is 0 Å². The number of carbonyl (C=O) groups is 1. The molecule has 1 amide bonds. The zero-order valence-corrected chi connectivity index (χ0v) is 11.8. The Balaban J connectivity index is 1.66. The second kappa shape index (κ2) is 6.07. The Hall–Kier alpha value is -2.18. The average Bonchev–Trinajstić information content (AvgIpc) is 3.19. The van der Waals surface area contributed by atoms with Crippen molar-refractivity contribution in [3.8, 4) is 5.69 Å². The van der Waals surface area contributed by atoms with E-state index < -0.39 is 0 Å². The van der Waals surface area contributed by atoms with Gasteiger partial charge in [-0.05, 0) is 37.4 Å². The highest BCUT2D eigenvalue weighted by Gasteiger charge is 2.32. The van der Waals surface area contributed by atoms with Gasteiger partial charge in [0.25, 0.3) is 0 Å². The van der Waals surface area contributed by atoms with Gasteiger partial charge >= 0.3 is 0 Å². The lowest BCUT2D eigenvalue weighted by Gasteiger charge is -2.16. The zero-order chi connectivity index (χ0) is 14.7. The summed E-state index contributed by atoms with van der Waals surface area (Å²) >= 11 is 0. The predicted molar refractivity (Wildman–Crippen MR) is 79.4 cm³/mol. The van der Waals surface area contributed by atoms with E-state index in [1.54, 1.807) is 10.9 Å². The molecule has 0 bridgehead atoms. The number of ether oxygens (including phenoxy) is 1. The third-order valence-electron chi connectivity index (χ3n) is 3.69. The highest BCUT2D eigenvalue weighted by molar-refractivity contribution is 5.93. The first-order valence-electron chi connectivity index (χ1n) is 6.94. The van der Waals surface area contributed by atoms with Crippen LogP contribution < -0.4 is 10.6 Å². The van der Waals surface area contributed by atoms with Crippen LogP contribution in [-0.4, -0.2) is 42.0 Å². The van der Waals surface area contributed by atoms with E-state index in [1.165, 1.54) is 0 Å². The maximum absolute atomic E-state index is 12.2. The minimum Gasteiger partial charge on any atom is -0.379 e. The van der Waals surface area contributed by atoms with Gasteiger partial charge in [-0.3, -0.25) is 4.79 Å². The maximum atomic E-state index is 12.2. The van der Waals surface area contributed by atoms with Gasteiger partial charge in [0.05, 0.1) is 24.8 Å². The molecule has 0 spiro atoms. The summed E-state index contributed by atoms with van der Waals surface area (Å²) in [5.41, 5.74) is 1.73. The summed E-state index contributed by atoms with van der Waals surface area (Å²) in [4.78, 5) is 12.2. The van der Waals surface area contributed by atoms with Gasteiger partial charge < -0.3 is 15.4 Å². The molecule has 6 heteroatoms. The van der Waals surface area contributed by atoms with Crippen LogP contribution in [0, 0.1) is 5.92 Å². The number of amides is 1. The van der Waals surface area contributed by atoms with Gasteiger partial charge in [0.2, 0.25) is 5.91 Å². The highest BCUT2D eigenvalue weighted by Crippen LogP contribution is 2.18. The van der Waals surface area contributed by atoms with E-state index in [4.69, 9.17) is 4.74 Å². The van der Waals surface area contributed by atoms with Crippen molar-refractivity contribution in [3.63, 3.8) is 0 Å². The van der Waals surface area contributed by atoms with E-state index in [0.29, 0.717) is 13.2 Å². The fraction of sp³-hybridized carbons (Fsp3) is 0.333. The first-order chi connectivity index (χ1) is 10.3. The molecule has 1 aliphatic heterocycles. The SMILES string of the molecule is CNC1COCC1C(=O)Nc1ccc(-n2cccn2)cc1. The van der Waals surface area contributed by atoms with Crippen molar-refractivity contribution in [1.82, 2.24) is 15.1 Å². The Kier molecular flexibility index (Phi) is 3.98. The largest absolute Gasteiger partial charge is 0.379 e. The van der Waals surface area contributed by atoms with Crippen LogP contribution in [0.15, 0.2) is 42.7 Å². The van der Waals surface area contributed by atoms with Crippen molar-refractivity contribution in [2.75, 3.05) is 25.6 Å². The Bertz CT molecular complexity index is 595. The van der Waals surface area contributed by atoms with Crippen LogP contribution in [-0.2, 0) is 9.53 Å².